The van der Waals surface area contributed by atoms with E-state index in [1.165, 1.54) is 6.32 Å². The topological polar surface area (TPSA) is 3.24 Å². The maximum absolute atomic E-state index is 3.36. The molecule has 0 aromatic rings. The summed E-state index contributed by atoms with van der Waals surface area (Å²) < 4.78 is 0. The van der Waals surface area contributed by atoms with Gasteiger partial charge in [0.1, 0.15) is 0 Å². The van der Waals surface area contributed by atoms with Gasteiger partial charge < -0.3 is 48.0 Å². The minimum Gasteiger partial charge on any atom is -1.00 e. The minimum atomic E-state index is 0. The first-order valence-corrected chi connectivity index (χ1v) is 4.40. The van der Waals surface area contributed by atoms with E-state index < -0.39 is 0 Å². The zero-order chi connectivity index (χ0) is 8.48. The largest absolute Gasteiger partial charge is 4.00 e. The van der Waals surface area contributed by atoms with Gasteiger partial charge in [0.05, 0.1) is 0 Å². The van der Waals surface area contributed by atoms with Gasteiger partial charge in [0.15, 0.2) is 0 Å². The van der Waals surface area contributed by atoms with Gasteiger partial charge in [-0.05, 0) is 32.9 Å². The Morgan fingerprint density at radius 3 is 2.00 bits per heavy atom. The van der Waals surface area contributed by atoms with Gasteiger partial charge in [-0.1, -0.05) is 13.2 Å². The van der Waals surface area contributed by atoms with E-state index in [1.54, 1.807) is 0 Å². The summed E-state index contributed by atoms with van der Waals surface area (Å²) in [5.41, 5.74) is 0.292. The third-order valence-corrected chi connectivity index (χ3v) is 2.22. The SMILES string of the molecule is CCB1[C-]=CCN1C(C)(C)C.[Cl-].[Cl-].[Cl-].[Zr+4]. The monoisotopic (exact) mass is 345 g/mol. The van der Waals surface area contributed by atoms with Crippen LogP contribution in [0.3, 0.4) is 0 Å². The first-order chi connectivity index (χ1) is 5.05. The average Bonchev–Trinajstić information content (AvgIpc) is 2.31. The Morgan fingerprint density at radius 1 is 1.27 bits per heavy atom. The van der Waals surface area contributed by atoms with Gasteiger partial charge in [-0.2, -0.15) is 0 Å². The van der Waals surface area contributed by atoms with Crippen molar-refractivity contribution in [3.63, 3.8) is 0 Å². The van der Waals surface area contributed by atoms with E-state index in [4.69, 9.17) is 0 Å². The van der Waals surface area contributed by atoms with E-state index in [0.717, 1.165) is 6.54 Å². The quantitative estimate of drug-likeness (QED) is 0.337. The van der Waals surface area contributed by atoms with Crippen LogP contribution in [0.1, 0.15) is 27.7 Å². The summed E-state index contributed by atoms with van der Waals surface area (Å²) in [5.74, 6) is 3.36. The molecule has 15 heavy (non-hydrogen) atoms. The summed E-state index contributed by atoms with van der Waals surface area (Å²) in [6.07, 6.45) is 3.33. The van der Waals surface area contributed by atoms with Gasteiger partial charge in [0.2, 0.25) is 0 Å². The normalized spacial score (nSPS) is 14.5. The van der Waals surface area contributed by atoms with Crippen molar-refractivity contribution in [2.75, 3.05) is 6.54 Å². The molecule has 0 amide bonds. The summed E-state index contributed by atoms with van der Waals surface area (Å²) in [6.45, 7) is 10.6. The van der Waals surface area contributed by atoms with Gasteiger partial charge in [-0.3, -0.25) is 6.08 Å². The first-order valence-electron chi connectivity index (χ1n) is 4.40. The fourth-order valence-electron chi connectivity index (χ4n) is 1.58. The molecule has 0 radical (unpaired) electrons. The van der Waals surface area contributed by atoms with Crippen LogP contribution in [-0.2, 0) is 26.2 Å². The molecule has 0 bridgehead atoms. The van der Waals surface area contributed by atoms with E-state index >= 15 is 0 Å². The maximum atomic E-state index is 3.36. The second-order valence-corrected chi connectivity index (χ2v) is 4.12. The Labute approximate surface area is 132 Å². The van der Waals surface area contributed by atoms with E-state index in [2.05, 4.69) is 44.6 Å². The van der Waals surface area contributed by atoms with Crippen LogP contribution in [0.2, 0.25) is 6.32 Å². The van der Waals surface area contributed by atoms with Crippen LogP contribution in [0.5, 0.6) is 0 Å². The molecule has 1 aliphatic rings. The number of halogens is 3. The van der Waals surface area contributed by atoms with E-state index in [9.17, 15) is 0 Å². The molecule has 0 aromatic heterocycles. The molecule has 0 N–H and O–H groups in total. The van der Waals surface area contributed by atoms with Crippen LogP contribution < -0.4 is 37.2 Å². The molecule has 86 valence electrons. The summed E-state index contributed by atoms with van der Waals surface area (Å²) in [6, 6.07) is 0. The fraction of sp³-hybridized carbons (Fsp3) is 0.778. The van der Waals surface area contributed by atoms with E-state index in [1.807, 2.05) is 0 Å². The smallest absolute Gasteiger partial charge is 1.00 e. The molecule has 0 saturated carbocycles. The average molecular weight is 348 g/mol. The van der Waals surface area contributed by atoms with Crippen LogP contribution in [0.4, 0.5) is 0 Å². The molecule has 0 atom stereocenters. The Bertz CT molecular complexity index is 173. The van der Waals surface area contributed by atoms with Crippen LogP contribution >= 0.6 is 0 Å². The molecule has 1 heterocycles. The molecule has 0 spiro atoms. The van der Waals surface area contributed by atoms with Gasteiger partial charge in [0.25, 0.3) is 0 Å². The summed E-state index contributed by atoms with van der Waals surface area (Å²) in [7, 11) is 0. The predicted molar refractivity (Wildman–Crippen MR) is 50.5 cm³/mol. The Kier molecular flexibility index (Phi) is 18.0. The van der Waals surface area contributed by atoms with Gasteiger partial charge in [-0.25, -0.2) is 0 Å². The molecule has 1 nitrogen and oxygen atoms in total. The minimum absolute atomic E-state index is 0. The fourth-order valence-corrected chi connectivity index (χ4v) is 1.58. The third kappa shape index (κ3) is 7.44. The van der Waals surface area contributed by atoms with Crippen molar-refractivity contribution in [3.05, 3.63) is 12.1 Å². The number of nitrogens with zero attached hydrogens (tertiary/aromatic N) is 1. The summed E-state index contributed by atoms with van der Waals surface area (Å²) in [5, 5.41) is 0. The second kappa shape index (κ2) is 10.7. The van der Waals surface area contributed by atoms with E-state index in [-0.39, 0.29) is 63.4 Å². The van der Waals surface area contributed by atoms with Crippen molar-refractivity contribution < 1.29 is 63.4 Å². The zero-order valence-corrected chi connectivity index (χ0v) is 14.4. The van der Waals surface area contributed by atoms with Crippen molar-refractivity contribution in [2.45, 2.75) is 39.6 Å². The van der Waals surface area contributed by atoms with Crippen LogP contribution in [0.25, 0.3) is 0 Å². The molecule has 6 heteroatoms. The predicted octanol–water partition coefficient (Wildman–Crippen LogP) is -6.98. The number of hydrogen-bond acceptors (Lipinski definition) is 1. The first kappa shape index (κ1) is 25.4. The molecule has 0 saturated heterocycles. The van der Waals surface area contributed by atoms with Crippen molar-refractivity contribution in [1.29, 1.82) is 0 Å². The van der Waals surface area contributed by atoms with Crippen molar-refractivity contribution in [3.8, 4) is 0 Å². The maximum Gasteiger partial charge on any atom is 4.00 e. The van der Waals surface area contributed by atoms with Gasteiger partial charge >= 0.3 is 26.2 Å². The third-order valence-electron chi connectivity index (χ3n) is 2.22. The molecule has 1 aliphatic heterocycles. The molecule has 1 rings (SSSR count). The molecule has 0 aliphatic carbocycles. The van der Waals surface area contributed by atoms with Crippen molar-refractivity contribution in [1.82, 2.24) is 4.81 Å². The molecule has 0 aromatic carbocycles. The van der Waals surface area contributed by atoms with Crippen molar-refractivity contribution >= 4 is 6.85 Å². The number of rotatable bonds is 1. The van der Waals surface area contributed by atoms with Crippen LogP contribution in [-0.4, -0.2) is 23.7 Å². The van der Waals surface area contributed by atoms with Gasteiger partial charge in [-0.15, -0.1) is 0 Å². The summed E-state index contributed by atoms with van der Waals surface area (Å²) >= 11 is 0. The van der Waals surface area contributed by atoms with Gasteiger partial charge in [0, 0.05) is 6.85 Å². The van der Waals surface area contributed by atoms with E-state index in [0.29, 0.717) is 12.4 Å². The number of hydrogen-bond donors (Lipinski definition) is 0. The van der Waals surface area contributed by atoms with Crippen LogP contribution in [0.15, 0.2) is 6.08 Å². The Morgan fingerprint density at radius 2 is 1.73 bits per heavy atom. The molecular formula is C9H17BCl3NZr. The molecule has 0 unspecified atom stereocenters. The standard InChI is InChI=1S/C9H17BN.3ClH.Zr/c1-5-10-7-6-8-11(10)9(2,3)4;;;;/h6H,5,8H2,1-4H3;3*1H;/q-1;;;;+4/p-3. The molecule has 0 fully saturated rings. The Balaban J connectivity index is -0.000000151. The summed E-state index contributed by atoms with van der Waals surface area (Å²) in [4.78, 5) is 2.48. The molecular weight excluding hydrogens is 331 g/mol. The van der Waals surface area contributed by atoms with Crippen molar-refractivity contribution in [2.24, 2.45) is 0 Å². The second-order valence-electron chi connectivity index (χ2n) is 4.12. The van der Waals surface area contributed by atoms with Crippen LogP contribution in [0, 0.1) is 5.98 Å². The Hall–Kier alpha value is 1.52. The zero-order valence-electron chi connectivity index (χ0n) is 9.65.